The van der Waals surface area contributed by atoms with Gasteiger partial charge in [0, 0.05) is 19.1 Å². The van der Waals surface area contributed by atoms with E-state index in [0.717, 1.165) is 44.0 Å². The fourth-order valence-electron chi connectivity index (χ4n) is 4.27. The Morgan fingerprint density at radius 2 is 1.73 bits per heavy atom. The summed E-state index contributed by atoms with van der Waals surface area (Å²) in [6, 6.07) is 13.3. The SMILES string of the molecule is COc1cc2c(cc1OC)CN(C(C)C1OCCc3ccccc31)CC2. The summed E-state index contributed by atoms with van der Waals surface area (Å²) in [5.41, 5.74) is 5.46. The summed E-state index contributed by atoms with van der Waals surface area (Å²) in [5, 5.41) is 0. The number of methoxy groups -OCH3 is 2. The molecule has 0 amide bonds. The maximum absolute atomic E-state index is 6.20. The molecule has 138 valence electrons. The van der Waals surface area contributed by atoms with Crippen LogP contribution in [0, 0.1) is 0 Å². The Morgan fingerprint density at radius 1 is 1.00 bits per heavy atom. The van der Waals surface area contributed by atoms with Crippen LogP contribution in [0.3, 0.4) is 0 Å². The van der Waals surface area contributed by atoms with E-state index in [1.54, 1.807) is 14.2 Å². The molecule has 2 atom stereocenters. The van der Waals surface area contributed by atoms with Crippen LogP contribution in [0.15, 0.2) is 36.4 Å². The number of rotatable bonds is 4. The Bertz CT molecular complexity index is 789. The van der Waals surface area contributed by atoms with E-state index in [9.17, 15) is 0 Å². The van der Waals surface area contributed by atoms with Gasteiger partial charge in [0.2, 0.25) is 0 Å². The lowest BCUT2D eigenvalue weighted by Crippen LogP contribution is -2.42. The molecule has 2 aliphatic heterocycles. The van der Waals surface area contributed by atoms with Crippen molar-refractivity contribution < 1.29 is 14.2 Å². The highest BCUT2D eigenvalue weighted by molar-refractivity contribution is 5.48. The standard InChI is InChI=1S/C22H27NO3/c1-15(22-19-7-5-4-6-16(19)9-11-26-22)23-10-8-17-12-20(24-2)21(25-3)13-18(17)14-23/h4-7,12-13,15,22H,8-11,14H2,1-3H3. The second-order valence-electron chi connectivity index (χ2n) is 7.18. The maximum Gasteiger partial charge on any atom is 0.161 e. The molecule has 0 saturated carbocycles. The first kappa shape index (κ1) is 17.4. The fourth-order valence-corrected chi connectivity index (χ4v) is 4.27. The van der Waals surface area contributed by atoms with E-state index in [1.165, 1.54) is 22.3 Å². The monoisotopic (exact) mass is 353 g/mol. The van der Waals surface area contributed by atoms with E-state index < -0.39 is 0 Å². The van der Waals surface area contributed by atoms with Gasteiger partial charge in [-0.1, -0.05) is 24.3 Å². The lowest BCUT2D eigenvalue weighted by molar-refractivity contribution is -0.0225. The van der Waals surface area contributed by atoms with Crippen molar-refractivity contribution in [1.82, 2.24) is 4.90 Å². The van der Waals surface area contributed by atoms with Gasteiger partial charge >= 0.3 is 0 Å². The first-order valence-corrected chi connectivity index (χ1v) is 9.38. The zero-order valence-corrected chi connectivity index (χ0v) is 15.8. The van der Waals surface area contributed by atoms with Crippen LogP contribution in [0.25, 0.3) is 0 Å². The minimum atomic E-state index is 0.140. The van der Waals surface area contributed by atoms with Crippen LogP contribution >= 0.6 is 0 Å². The first-order chi connectivity index (χ1) is 12.7. The predicted molar refractivity (Wildman–Crippen MR) is 102 cm³/mol. The van der Waals surface area contributed by atoms with E-state index in [-0.39, 0.29) is 6.10 Å². The van der Waals surface area contributed by atoms with Gasteiger partial charge in [-0.2, -0.15) is 0 Å². The van der Waals surface area contributed by atoms with Gasteiger partial charge in [-0.3, -0.25) is 4.90 Å². The second kappa shape index (κ2) is 7.29. The van der Waals surface area contributed by atoms with Crippen molar-refractivity contribution in [3.05, 3.63) is 58.7 Å². The molecule has 2 heterocycles. The van der Waals surface area contributed by atoms with Gasteiger partial charge < -0.3 is 14.2 Å². The van der Waals surface area contributed by atoms with Gasteiger partial charge in [0.25, 0.3) is 0 Å². The zero-order valence-electron chi connectivity index (χ0n) is 15.8. The summed E-state index contributed by atoms with van der Waals surface area (Å²) in [5.74, 6) is 1.62. The Kier molecular flexibility index (Phi) is 4.88. The highest BCUT2D eigenvalue weighted by atomic mass is 16.5. The van der Waals surface area contributed by atoms with Crippen molar-refractivity contribution in [2.45, 2.75) is 38.5 Å². The Hall–Kier alpha value is -2.04. The van der Waals surface area contributed by atoms with Crippen molar-refractivity contribution in [2.75, 3.05) is 27.4 Å². The van der Waals surface area contributed by atoms with Crippen molar-refractivity contribution in [3.63, 3.8) is 0 Å². The number of nitrogens with zero attached hydrogens (tertiary/aromatic N) is 1. The average molecular weight is 353 g/mol. The molecule has 0 aromatic heterocycles. The van der Waals surface area contributed by atoms with Crippen LogP contribution < -0.4 is 9.47 Å². The molecular formula is C22H27NO3. The molecule has 0 radical (unpaired) electrons. The van der Waals surface area contributed by atoms with Gasteiger partial charge in [0.05, 0.1) is 26.9 Å². The van der Waals surface area contributed by atoms with Gasteiger partial charge in [-0.25, -0.2) is 0 Å². The highest BCUT2D eigenvalue weighted by Gasteiger charge is 2.32. The lowest BCUT2D eigenvalue weighted by atomic mass is 9.91. The van der Waals surface area contributed by atoms with Crippen LogP contribution in [0.5, 0.6) is 11.5 Å². The minimum Gasteiger partial charge on any atom is -0.493 e. The summed E-state index contributed by atoms with van der Waals surface area (Å²) in [6.45, 7) is 5.05. The van der Waals surface area contributed by atoms with Crippen molar-refractivity contribution in [1.29, 1.82) is 0 Å². The summed E-state index contributed by atoms with van der Waals surface area (Å²) in [7, 11) is 3.39. The molecule has 0 bridgehead atoms. The quantitative estimate of drug-likeness (QED) is 0.837. The Labute approximate surface area is 155 Å². The molecule has 0 N–H and O–H groups in total. The molecule has 2 aromatic carbocycles. The zero-order chi connectivity index (χ0) is 18.1. The largest absolute Gasteiger partial charge is 0.493 e. The summed E-state index contributed by atoms with van der Waals surface area (Å²) >= 11 is 0. The lowest BCUT2D eigenvalue weighted by Gasteiger charge is -2.40. The third-order valence-electron chi connectivity index (χ3n) is 5.79. The molecular weight excluding hydrogens is 326 g/mol. The molecule has 2 aromatic rings. The third kappa shape index (κ3) is 3.08. The van der Waals surface area contributed by atoms with Gasteiger partial charge in [-0.05, 0) is 54.2 Å². The van der Waals surface area contributed by atoms with E-state index >= 15 is 0 Å². The average Bonchev–Trinajstić information content (AvgIpc) is 2.71. The van der Waals surface area contributed by atoms with Crippen LogP contribution in [-0.2, 0) is 24.1 Å². The first-order valence-electron chi connectivity index (χ1n) is 9.38. The van der Waals surface area contributed by atoms with Crippen LogP contribution in [0.1, 0.15) is 35.3 Å². The van der Waals surface area contributed by atoms with Gasteiger partial charge in [0.1, 0.15) is 0 Å². The summed E-state index contributed by atoms with van der Waals surface area (Å²) in [6.07, 6.45) is 2.18. The van der Waals surface area contributed by atoms with E-state index in [0.29, 0.717) is 6.04 Å². The smallest absolute Gasteiger partial charge is 0.161 e. The fraction of sp³-hybridized carbons (Fsp3) is 0.455. The van der Waals surface area contributed by atoms with Crippen LogP contribution in [-0.4, -0.2) is 38.3 Å². The highest BCUT2D eigenvalue weighted by Crippen LogP contribution is 2.36. The minimum absolute atomic E-state index is 0.140. The number of ether oxygens (including phenoxy) is 3. The maximum atomic E-state index is 6.20. The van der Waals surface area contributed by atoms with Gasteiger partial charge in [-0.15, -0.1) is 0 Å². The van der Waals surface area contributed by atoms with E-state index in [1.807, 2.05) is 0 Å². The molecule has 0 fully saturated rings. The predicted octanol–water partition coefficient (Wildman–Crippen LogP) is 3.76. The van der Waals surface area contributed by atoms with Gasteiger partial charge in [0.15, 0.2) is 11.5 Å². The third-order valence-corrected chi connectivity index (χ3v) is 5.79. The van der Waals surface area contributed by atoms with E-state index in [2.05, 4.69) is 48.2 Å². The molecule has 4 heteroatoms. The number of hydrogen-bond acceptors (Lipinski definition) is 4. The van der Waals surface area contributed by atoms with Crippen molar-refractivity contribution in [2.24, 2.45) is 0 Å². The molecule has 4 nitrogen and oxygen atoms in total. The Balaban J connectivity index is 1.57. The number of fused-ring (bicyclic) bond motifs is 2. The molecule has 0 saturated heterocycles. The van der Waals surface area contributed by atoms with E-state index in [4.69, 9.17) is 14.2 Å². The molecule has 2 aliphatic rings. The Morgan fingerprint density at radius 3 is 2.50 bits per heavy atom. The van der Waals surface area contributed by atoms with Crippen molar-refractivity contribution in [3.8, 4) is 11.5 Å². The number of benzene rings is 2. The molecule has 0 spiro atoms. The summed E-state index contributed by atoms with van der Waals surface area (Å²) in [4.78, 5) is 2.53. The summed E-state index contributed by atoms with van der Waals surface area (Å²) < 4.78 is 17.1. The normalized spacial score (nSPS) is 20.8. The van der Waals surface area contributed by atoms with Crippen LogP contribution in [0.4, 0.5) is 0 Å². The molecule has 0 aliphatic carbocycles. The molecule has 2 unspecified atom stereocenters. The van der Waals surface area contributed by atoms with Crippen LogP contribution in [0.2, 0.25) is 0 Å². The van der Waals surface area contributed by atoms with Crippen molar-refractivity contribution >= 4 is 0 Å². The molecule has 4 rings (SSSR count). The number of hydrogen-bond donors (Lipinski definition) is 0. The topological polar surface area (TPSA) is 30.9 Å². The molecule has 26 heavy (non-hydrogen) atoms. The second-order valence-corrected chi connectivity index (χ2v) is 7.18.